The molecular formula is C13H25NO3S. The Balaban J connectivity index is 4.06. The maximum absolute atomic E-state index is 10.9. The summed E-state index contributed by atoms with van der Waals surface area (Å²) in [6, 6.07) is 0. The molecule has 5 heteroatoms. The number of primary amides is 1. The Morgan fingerprint density at radius 2 is 1.72 bits per heavy atom. The van der Waals surface area contributed by atoms with Crippen molar-refractivity contribution in [3.05, 3.63) is 0 Å². The molecule has 0 rings (SSSR count). The van der Waals surface area contributed by atoms with Crippen molar-refractivity contribution in [2.45, 2.75) is 59.3 Å². The molecule has 0 aliphatic rings. The van der Waals surface area contributed by atoms with Gasteiger partial charge in [0, 0.05) is 0 Å². The van der Waals surface area contributed by atoms with E-state index in [1.54, 1.807) is 0 Å². The molecule has 0 saturated carbocycles. The van der Waals surface area contributed by atoms with Gasteiger partial charge in [-0.05, 0) is 24.7 Å². The van der Waals surface area contributed by atoms with Gasteiger partial charge in [-0.15, -0.1) is 0 Å². The number of amides is 1. The Morgan fingerprint density at radius 1 is 1.11 bits per heavy atom. The lowest BCUT2D eigenvalue weighted by molar-refractivity contribution is -0.116. The number of hydrogen-bond acceptors (Lipinski definition) is 3. The van der Waals surface area contributed by atoms with Crippen molar-refractivity contribution >= 4 is 21.1 Å². The summed E-state index contributed by atoms with van der Waals surface area (Å²) < 4.78 is 21.8. The predicted molar refractivity (Wildman–Crippen MR) is 74.8 cm³/mol. The van der Waals surface area contributed by atoms with Crippen LogP contribution in [-0.4, -0.2) is 19.2 Å². The molecule has 1 atom stereocenters. The minimum absolute atomic E-state index is 0.144. The van der Waals surface area contributed by atoms with Gasteiger partial charge in [0.15, 0.2) is 0 Å². The number of rotatable bonds is 9. The van der Waals surface area contributed by atoms with Crippen LogP contribution in [0.5, 0.6) is 0 Å². The van der Waals surface area contributed by atoms with Gasteiger partial charge >= 0.3 is 0 Å². The van der Waals surface area contributed by atoms with E-state index in [0.717, 1.165) is 12.8 Å². The summed E-state index contributed by atoms with van der Waals surface area (Å²) in [7, 11) is -2.29. The van der Waals surface area contributed by atoms with Crippen molar-refractivity contribution in [3.8, 4) is 0 Å². The highest BCUT2D eigenvalue weighted by Gasteiger charge is 2.09. The minimum Gasteiger partial charge on any atom is -0.369 e. The van der Waals surface area contributed by atoms with Gasteiger partial charge in [-0.2, -0.15) is 8.42 Å². The van der Waals surface area contributed by atoms with Crippen LogP contribution in [-0.2, 0) is 15.1 Å². The molecule has 0 aromatic heterocycles. The molecule has 0 bridgehead atoms. The van der Waals surface area contributed by atoms with Gasteiger partial charge in [-0.1, -0.05) is 40.0 Å². The monoisotopic (exact) mass is 275 g/mol. The predicted octanol–water partition coefficient (Wildman–Crippen LogP) is 2.16. The average molecular weight is 275 g/mol. The Kier molecular flexibility index (Phi) is 8.71. The molecule has 1 unspecified atom stereocenters. The molecule has 0 aromatic carbocycles. The second kappa shape index (κ2) is 9.14. The van der Waals surface area contributed by atoms with E-state index >= 15 is 0 Å². The molecule has 0 saturated heterocycles. The van der Waals surface area contributed by atoms with Crippen molar-refractivity contribution < 1.29 is 13.2 Å². The molecule has 0 spiro atoms. The normalized spacial score (nSPS) is 12.4. The standard InChI is InChI=1S/C13H25NO3S/c1-10(2)5-4-6-11(3)7-8-12(18(16)17)9-13(14)15/h10-11H,4-9H2,1-3H3,(H2,14,15). The van der Waals surface area contributed by atoms with Crippen molar-refractivity contribution in [3.63, 3.8) is 0 Å². The fourth-order valence-corrected chi connectivity index (χ4v) is 2.40. The molecule has 0 radical (unpaired) electrons. The fourth-order valence-electron chi connectivity index (χ4n) is 1.85. The zero-order chi connectivity index (χ0) is 14.1. The van der Waals surface area contributed by atoms with Crippen molar-refractivity contribution in [2.75, 3.05) is 0 Å². The number of carbonyl (C=O) groups excluding carboxylic acids is 1. The maximum atomic E-state index is 10.9. The van der Waals surface area contributed by atoms with Crippen LogP contribution in [0.4, 0.5) is 0 Å². The fraction of sp³-hybridized carbons (Fsp3) is 0.846. The summed E-state index contributed by atoms with van der Waals surface area (Å²) in [5.41, 5.74) is 5.02. The van der Waals surface area contributed by atoms with Crippen LogP contribution in [0.3, 0.4) is 0 Å². The van der Waals surface area contributed by atoms with Gasteiger partial charge in [-0.25, -0.2) is 0 Å². The highest BCUT2D eigenvalue weighted by molar-refractivity contribution is 7.73. The Bertz CT molecular complexity index is 377. The zero-order valence-corrected chi connectivity index (χ0v) is 12.4. The molecule has 0 aromatic rings. The van der Waals surface area contributed by atoms with Crippen LogP contribution in [0.2, 0.25) is 0 Å². The van der Waals surface area contributed by atoms with Gasteiger partial charge in [0.1, 0.15) is 0 Å². The highest BCUT2D eigenvalue weighted by atomic mass is 32.2. The summed E-state index contributed by atoms with van der Waals surface area (Å²) in [5, 5.41) is 0. The number of nitrogens with two attached hydrogens (primary N) is 1. The van der Waals surface area contributed by atoms with E-state index in [1.165, 1.54) is 12.8 Å². The Morgan fingerprint density at radius 3 is 2.17 bits per heavy atom. The molecular weight excluding hydrogens is 250 g/mol. The molecule has 2 N–H and O–H groups in total. The van der Waals surface area contributed by atoms with Crippen molar-refractivity contribution in [1.82, 2.24) is 0 Å². The first-order chi connectivity index (χ1) is 8.32. The third-order valence-corrected chi connectivity index (χ3v) is 3.82. The molecule has 0 aliphatic carbocycles. The van der Waals surface area contributed by atoms with E-state index in [4.69, 9.17) is 5.73 Å². The van der Waals surface area contributed by atoms with Crippen molar-refractivity contribution in [2.24, 2.45) is 17.6 Å². The zero-order valence-electron chi connectivity index (χ0n) is 11.6. The van der Waals surface area contributed by atoms with Crippen LogP contribution in [0.1, 0.15) is 59.3 Å². The first-order valence-electron chi connectivity index (χ1n) is 6.55. The number of hydrogen-bond donors (Lipinski definition) is 1. The summed E-state index contributed by atoms with van der Waals surface area (Å²) >= 11 is 0. The highest BCUT2D eigenvalue weighted by Crippen LogP contribution is 2.17. The molecule has 1 amide bonds. The summed E-state index contributed by atoms with van der Waals surface area (Å²) in [5.74, 6) is 0.611. The summed E-state index contributed by atoms with van der Waals surface area (Å²) in [6.45, 7) is 6.52. The SMILES string of the molecule is CC(C)CCCC(C)CCC(CC(N)=O)=S(=O)=O. The lowest BCUT2D eigenvalue weighted by Gasteiger charge is -2.12. The van der Waals surface area contributed by atoms with Gasteiger partial charge in [0.05, 0.1) is 11.3 Å². The van der Waals surface area contributed by atoms with Gasteiger partial charge in [-0.3, -0.25) is 4.79 Å². The lowest BCUT2D eigenvalue weighted by Crippen LogP contribution is -2.17. The first kappa shape index (κ1) is 17.2. The Labute approximate surface area is 111 Å². The molecule has 0 fully saturated rings. The maximum Gasteiger partial charge on any atom is 0.222 e. The lowest BCUT2D eigenvalue weighted by atomic mass is 9.95. The third-order valence-electron chi connectivity index (χ3n) is 3.00. The molecule has 0 aliphatic heterocycles. The van der Waals surface area contributed by atoms with E-state index < -0.39 is 16.2 Å². The topological polar surface area (TPSA) is 77.2 Å². The van der Waals surface area contributed by atoms with Gasteiger partial charge < -0.3 is 5.73 Å². The second-order valence-corrected chi connectivity index (χ2v) is 6.43. The van der Waals surface area contributed by atoms with E-state index in [1.807, 2.05) is 0 Å². The second-order valence-electron chi connectivity index (χ2n) is 5.39. The van der Waals surface area contributed by atoms with E-state index in [2.05, 4.69) is 20.8 Å². The van der Waals surface area contributed by atoms with E-state index in [0.29, 0.717) is 18.3 Å². The van der Waals surface area contributed by atoms with E-state index in [-0.39, 0.29) is 11.3 Å². The molecule has 4 nitrogen and oxygen atoms in total. The van der Waals surface area contributed by atoms with Crippen LogP contribution < -0.4 is 5.73 Å². The minimum atomic E-state index is -2.29. The summed E-state index contributed by atoms with van der Waals surface area (Å²) in [4.78, 5) is 11.0. The average Bonchev–Trinajstić information content (AvgIpc) is 2.22. The van der Waals surface area contributed by atoms with Crippen LogP contribution in [0.25, 0.3) is 0 Å². The Hall–Kier alpha value is -0.840. The molecule has 0 heterocycles. The molecule has 18 heavy (non-hydrogen) atoms. The van der Waals surface area contributed by atoms with Crippen LogP contribution in [0, 0.1) is 11.8 Å². The largest absolute Gasteiger partial charge is 0.369 e. The quantitative estimate of drug-likeness (QED) is 0.655. The first-order valence-corrected chi connectivity index (χ1v) is 7.62. The smallest absolute Gasteiger partial charge is 0.222 e. The van der Waals surface area contributed by atoms with Crippen LogP contribution in [0.15, 0.2) is 0 Å². The van der Waals surface area contributed by atoms with Crippen LogP contribution >= 0.6 is 0 Å². The van der Waals surface area contributed by atoms with Gasteiger partial charge in [0.2, 0.25) is 16.2 Å². The molecule has 106 valence electrons. The third kappa shape index (κ3) is 9.22. The van der Waals surface area contributed by atoms with E-state index in [9.17, 15) is 13.2 Å². The number of carbonyl (C=O) groups is 1. The summed E-state index contributed by atoms with van der Waals surface area (Å²) in [6.07, 6.45) is 4.58. The van der Waals surface area contributed by atoms with Crippen molar-refractivity contribution in [1.29, 1.82) is 0 Å². The van der Waals surface area contributed by atoms with Gasteiger partial charge in [0.25, 0.3) is 0 Å².